The molecule has 3 unspecified atom stereocenters. The van der Waals surface area contributed by atoms with E-state index in [1.165, 1.54) is 19.3 Å². The van der Waals surface area contributed by atoms with Gasteiger partial charge in [-0.05, 0) is 59.2 Å². The van der Waals surface area contributed by atoms with Crippen LogP contribution in [-0.4, -0.2) is 11.0 Å². The van der Waals surface area contributed by atoms with Gasteiger partial charge in [0.1, 0.15) is 5.82 Å². The molecule has 0 aliphatic heterocycles. The Balaban J connectivity index is 2.02. The van der Waals surface area contributed by atoms with E-state index in [2.05, 4.69) is 40.1 Å². The zero-order valence-corrected chi connectivity index (χ0v) is 11.5. The normalized spacial score (nSPS) is 30.1. The van der Waals surface area contributed by atoms with Gasteiger partial charge in [0, 0.05) is 12.2 Å². The van der Waals surface area contributed by atoms with E-state index in [9.17, 15) is 0 Å². The van der Waals surface area contributed by atoms with Crippen molar-refractivity contribution < 1.29 is 0 Å². The molecule has 1 fully saturated rings. The van der Waals surface area contributed by atoms with Crippen molar-refractivity contribution in [1.29, 1.82) is 0 Å². The first-order valence-corrected chi connectivity index (χ1v) is 6.83. The van der Waals surface area contributed by atoms with Crippen LogP contribution >= 0.6 is 15.9 Å². The van der Waals surface area contributed by atoms with E-state index in [1.54, 1.807) is 0 Å². The summed E-state index contributed by atoms with van der Waals surface area (Å²) in [5.74, 6) is 2.59. The highest BCUT2D eigenvalue weighted by atomic mass is 79.9. The molecule has 1 aromatic rings. The maximum absolute atomic E-state index is 4.37. The smallest absolute Gasteiger partial charge is 0.140 e. The van der Waals surface area contributed by atoms with E-state index < -0.39 is 0 Å². The van der Waals surface area contributed by atoms with Crippen LogP contribution in [0.5, 0.6) is 0 Å². The number of aromatic nitrogens is 1. The van der Waals surface area contributed by atoms with Crippen LogP contribution in [0, 0.1) is 11.8 Å². The first kappa shape index (κ1) is 11.9. The van der Waals surface area contributed by atoms with Gasteiger partial charge in [-0.25, -0.2) is 4.98 Å². The van der Waals surface area contributed by atoms with Crippen molar-refractivity contribution in [3.8, 4) is 0 Å². The van der Waals surface area contributed by atoms with Gasteiger partial charge in [-0.1, -0.05) is 13.8 Å². The maximum atomic E-state index is 4.37. The molecule has 3 heteroatoms. The Kier molecular flexibility index (Phi) is 3.85. The van der Waals surface area contributed by atoms with E-state index >= 15 is 0 Å². The number of hydrogen-bond acceptors (Lipinski definition) is 2. The fourth-order valence-electron chi connectivity index (χ4n) is 2.55. The van der Waals surface area contributed by atoms with Gasteiger partial charge < -0.3 is 5.32 Å². The number of anilines is 1. The predicted octanol–water partition coefficient (Wildman–Crippen LogP) is 4.08. The van der Waals surface area contributed by atoms with Gasteiger partial charge in [0.2, 0.25) is 0 Å². The minimum Gasteiger partial charge on any atom is -0.366 e. The Labute approximate surface area is 106 Å². The summed E-state index contributed by atoms with van der Waals surface area (Å²) in [6.45, 7) is 4.69. The molecule has 1 aliphatic rings. The third-order valence-electron chi connectivity index (χ3n) is 3.51. The van der Waals surface area contributed by atoms with E-state index in [1.807, 2.05) is 18.3 Å². The molecule has 2 rings (SSSR count). The number of rotatable bonds is 2. The first-order valence-electron chi connectivity index (χ1n) is 6.04. The molecule has 0 radical (unpaired) electrons. The molecule has 88 valence electrons. The monoisotopic (exact) mass is 282 g/mol. The van der Waals surface area contributed by atoms with Crippen LogP contribution in [0.2, 0.25) is 0 Å². The van der Waals surface area contributed by atoms with Gasteiger partial charge in [-0.3, -0.25) is 0 Å². The highest BCUT2D eigenvalue weighted by molar-refractivity contribution is 9.10. The lowest BCUT2D eigenvalue weighted by atomic mass is 9.80. The zero-order valence-electron chi connectivity index (χ0n) is 9.91. The standard InChI is InChI=1S/C13H19BrN2/c1-9-5-6-12(10(2)8-9)16-13-11(14)4-3-7-15-13/h3-4,7,9-10,12H,5-6,8H2,1-2H3,(H,15,16). The maximum Gasteiger partial charge on any atom is 0.140 e. The fraction of sp³-hybridized carbons (Fsp3) is 0.615. The summed E-state index contributed by atoms with van der Waals surface area (Å²) in [5, 5.41) is 3.56. The molecule has 0 aromatic carbocycles. The molecule has 16 heavy (non-hydrogen) atoms. The molecule has 0 spiro atoms. The molecular formula is C13H19BrN2. The van der Waals surface area contributed by atoms with Crippen molar-refractivity contribution in [2.75, 3.05) is 5.32 Å². The molecule has 1 N–H and O–H groups in total. The highest BCUT2D eigenvalue weighted by Gasteiger charge is 2.25. The van der Waals surface area contributed by atoms with Crippen molar-refractivity contribution in [3.63, 3.8) is 0 Å². The minimum absolute atomic E-state index is 0.572. The summed E-state index contributed by atoms with van der Waals surface area (Å²) in [6.07, 6.45) is 5.74. The van der Waals surface area contributed by atoms with Gasteiger partial charge in [-0.2, -0.15) is 0 Å². The SMILES string of the molecule is CC1CCC(Nc2ncccc2Br)C(C)C1. The quantitative estimate of drug-likeness (QED) is 0.884. The van der Waals surface area contributed by atoms with Gasteiger partial charge in [0.15, 0.2) is 0 Å². The van der Waals surface area contributed by atoms with Crippen molar-refractivity contribution in [1.82, 2.24) is 4.98 Å². The highest BCUT2D eigenvalue weighted by Crippen LogP contribution is 2.31. The van der Waals surface area contributed by atoms with Crippen LogP contribution in [0.1, 0.15) is 33.1 Å². The summed E-state index contributed by atoms with van der Waals surface area (Å²) in [6, 6.07) is 4.55. The van der Waals surface area contributed by atoms with Crippen LogP contribution in [0.3, 0.4) is 0 Å². The van der Waals surface area contributed by atoms with Crippen LogP contribution in [0.15, 0.2) is 22.8 Å². The van der Waals surface area contributed by atoms with Crippen LogP contribution in [-0.2, 0) is 0 Å². The van der Waals surface area contributed by atoms with Crippen molar-refractivity contribution in [2.24, 2.45) is 11.8 Å². The first-order chi connectivity index (χ1) is 7.66. The summed E-state index contributed by atoms with van der Waals surface area (Å²) >= 11 is 3.53. The second-order valence-electron chi connectivity index (χ2n) is 4.98. The van der Waals surface area contributed by atoms with Crippen molar-refractivity contribution in [3.05, 3.63) is 22.8 Å². The molecule has 1 aromatic heterocycles. The average molecular weight is 283 g/mol. The van der Waals surface area contributed by atoms with Crippen LogP contribution in [0.25, 0.3) is 0 Å². The summed E-state index contributed by atoms with van der Waals surface area (Å²) in [4.78, 5) is 4.37. The van der Waals surface area contributed by atoms with Gasteiger partial charge >= 0.3 is 0 Å². The van der Waals surface area contributed by atoms with Crippen molar-refractivity contribution in [2.45, 2.75) is 39.2 Å². The van der Waals surface area contributed by atoms with E-state index in [-0.39, 0.29) is 0 Å². The summed E-state index contributed by atoms with van der Waals surface area (Å²) in [7, 11) is 0. The van der Waals surface area contributed by atoms with E-state index in [4.69, 9.17) is 0 Å². The Morgan fingerprint density at radius 3 is 2.88 bits per heavy atom. The number of pyridine rings is 1. The number of halogens is 1. The molecule has 1 aliphatic carbocycles. The number of nitrogens with one attached hydrogen (secondary N) is 1. The Bertz CT molecular complexity index is 354. The molecule has 1 saturated carbocycles. The van der Waals surface area contributed by atoms with Gasteiger partial charge in [-0.15, -0.1) is 0 Å². The van der Waals surface area contributed by atoms with Gasteiger partial charge in [0.05, 0.1) is 4.47 Å². The van der Waals surface area contributed by atoms with Crippen molar-refractivity contribution >= 4 is 21.7 Å². The number of nitrogens with zero attached hydrogens (tertiary/aromatic N) is 1. The Hall–Kier alpha value is -0.570. The van der Waals surface area contributed by atoms with E-state index in [0.717, 1.165) is 22.1 Å². The molecule has 0 amide bonds. The third kappa shape index (κ3) is 2.76. The van der Waals surface area contributed by atoms with Crippen LogP contribution in [0.4, 0.5) is 5.82 Å². The third-order valence-corrected chi connectivity index (χ3v) is 4.15. The molecule has 2 nitrogen and oxygen atoms in total. The molecule has 3 atom stereocenters. The second-order valence-corrected chi connectivity index (χ2v) is 5.83. The lowest BCUT2D eigenvalue weighted by Gasteiger charge is -2.33. The second kappa shape index (κ2) is 5.17. The molecule has 0 bridgehead atoms. The van der Waals surface area contributed by atoms with E-state index in [0.29, 0.717) is 6.04 Å². The van der Waals surface area contributed by atoms with Crippen LogP contribution < -0.4 is 5.32 Å². The average Bonchev–Trinajstić information content (AvgIpc) is 2.25. The molecule has 1 heterocycles. The summed E-state index contributed by atoms with van der Waals surface area (Å²) in [5.41, 5.74) is 0. The number of hydrogen-bond donors (Lipinski definition) is 1. The largest absolute Gasteiger partial charge is 0.366 e. The fourth-order valence-corrected chi connectivity index (χ4v) is 2.92. The minimum atomic E-state index is 0.572. The zero-order chi connectivity index (χ0) is 11.5. The topological polar surface area (TPSA) is 24.9 Å². The molecule has 0 saturated heterocycles. The lowest BCUT2D eigenvalue weighted by molar-refractivity contribution is 0.276. The lowest BCUT2D eigenvalue weighted by Crippen LogP contribution is -2.33. The predicted molar refractivity (Wildman–Crippen MR) is 71.5 cm³/mol. The Morgan fingerprint density at radius 2 is 2.19 bits per heavy atom. The summed E-state index contributed by atoms with van der Waals surface area (Å²) < 4.78 is 1.06. The Morgan fingerprint density at radius 1 is 1.38 bits per heavy atom. The van der Waals surface area contributed by atoms with Gasteiger partial charge in [0.25, 0.3) is 0 Å². The molecular weight excluding hydrogens is 264 g/mol.